The van der Waals surface area contributed by atoms with Crippen molar-refractivity contribution < 1.29 is 29.3 Å². The second-order valence-corrected chi connectivity index (χ2v) is 18.1. The fraction of sp³-hybridized carbons (Fsp3) is 0.617. The lowest BCUT2D eigenvalue weighted by molar-refractivity contribution is -0.136. The van der Waals surface area contributed by atoms with Crippen molar-refractivity contribution in [1.82, 2.24) is 0 Å². The van der Waals surface area contributed by atoms with Crippen molar-refractivity contribution in [2.75, 3.05) is 0 Å². The number of unbranched alkanes of at least 4 members (excludes halogenated alkanes) is 1. The molecule has 6 unspecified atom stereocenters. The van der Waals surface area contributed by atoms with E-state index in [4.69, 9.17) is 15.9 Å². The number of carbonyl (C=O) groups excluding carboxylic acids is 2. The number of aryl methyl sites for hydroxylation is 2. The molecule has 6 aliphatic carbocycles. The number of hydrogen-bond acceptors (Lipinski definition) is 6. The first-order chi connectivity index (χ1) is 25.4. The topological polar surface area (TPSA) is 93.1 Å². The summed E-state index contributed by atoms with van der Waals surface area (Å²) < 4.78 is 11.5. The van der Waals surface area contributed by atoms with Crippen LogP contribution in [0.5, 0.6) is 11.5 Å². The highest BCUT2D eigenvalue weighted by molar-refractivity contribution is 5.74. The Labute approximate surface area is 316 Å². The summed E-state index contributed by atoms with van der Waals surface area (Å²) in [7, 11) is 0. The Balaban J connectivity index is 0.796. The molecule has 8 rings (SSSR count). The van der Waals surface area contributed by atoms with Crippen LogP contribution in [0.3, 0.4) is 0 Å². The van der Waals surface area contributed by atoms with Gasteiger partial charge in [0.1, 0.15) is 17.1 Å². The highest BCUT2D eigenvalue weighted by Crippen LogP contribution is 2.66. The molecule has 2 aromatic rings. The number of rotatable bonds is 8. The molecule has 0 saturated heterocycles. The Morgan fingerprint density at radius 1 is 0.755 bits per heavy atom. The molecule has 6 aliphatic rings. The van der Waals surface area contributed by atoms with Crippen LogP contribution in [-0.2, 0) is 22.4 Å². The van der Waals surface area contributed by atoms with Crippen LogP contribution < -0.4 is 9.47 Å². The SMILES string of the molecule is C#C[C@]1(O)CCC2C3CCc4cc(OC(=O)CCCCC(=O)Oc5ccc6c(c5)CCC5C6CC[C@@]6(C)C5CC[C@@]6(O)C=CC)ccc4C3CC[C@@]21C. The first-order valence-electron chi connectivity index (χ1n) is 20.7. The van der Waals surface area contributed by atoms with Crippen LogP contribution in [0.2, 0.25) is 0 Å². The number of carbonyl (C=O) groups is 2. The lowest BCUT2D eigenvalue weighted by atomic mass is 9.53. The highest BCUT2D eigenvalue weighted by Gasteiger charge is 2.62. The number of benzene rings is 2. The molecule has 0 bridgehead atoms. The molecular formula is C47H58O6. The Kier molecular flexibility index (Phi) is 9.46. The van der Waals surface area contributed by atoms with E-state index in [0.717, 1.165) is 70.6 Å². The monoisotopic (exact) mass is 718 g/mol. The number of esters is 2. The van der Waals surface area contributed by atoms with Crippen molar-refractivity contribution in [1.29, 1.82) is 0 Å². The van der Waals surface area contributed by atoms with Gasteiger partial charge >= 0.3 is 11.9 Å². The Morgan fingerprint density at radius 2 is 1.26 bits per heavy atom. The van der Waals surface area contributed by atoms with E-state index in [9.17, 15) is 19.8 Å². The van der Waals surface area contributed by atoms with Crippen LogP contribution in [0.15, 0.2) is 48.6 Å². The summed E-state index contributed by atoms with van der Waals surface area (Å²) in [5, 5.41) is 22.8. The molecule has 2 aromatic carbocycles. The maximum Gasteiger partial charge on any atom is 0.311 e. The van der Waals surface area contributed by atoms with Crippen molar-refractivity contribution in [2.45, 2.75) is 147 Å². The number of fused-ring (bicyclic) bond motifs is 10. The molecule has 53 heavy (non-hydrogen) atoms. The number of ether oxygens (including phenoxy) is 2. The van der Waals surface area contributed by atoms with Crippen LogP contribution in [0.1, 0.15) is 145 Å². The summed E-state index contributed by atoms with van der Waals surface area (Å²) in [4.78, 5) is 25.6. The van der Waals surface area contributed by atoms with E-state index in [2.05, 4.69) is 38.0 Å². The van der Waals surface area contributed by atoms with Crippen LogP contribution in [0.4, 0.5) is 0 Å². The molecule has 282 valence electrons. The van der Waals surface area contributed by atoms with E-state index in [1.54, 1.807) is 0 Å². The summed E-state index contributed by atoms with van der Waals surface area (Å²) in [6, 6.07) is 12.3. The molecule has 6 heteroatoms. The number of terminal acetylenes is 1. The van der Waals surface area contributed by atoms with Gasteiger partial charge in [-0.1, -0.05) is 44.1 Å². The van der Waals surface area contributed by atoms with Gasteiger partial charge in [0.25, 0.3) is 0 Å². The zero-order chi connectivity index (χ0) is 37.2. The summed E-state index contributed by atoms with van der Waals surface area (Å²) in [5.41, 5.74) is 3.35. The molecule has 4 saturated carbocycles. The minimum atomic E-state index is -0.995. The Hall–Kier alpha value is -3.40. The second-order valence-electron chi connectivity index (χ2n) is 18.1. The number of hydrogen-bond donors (Lipinski definition) is 2. The first-order valence-corrected chi connectivity index (χ1v) is 20.7. The van der Waals surface area contributed by atoms with Gasteiger partial charge in [0.2, 0.25) is 0 Å². The predicted octanol–water partition coefficient (Wildman–Crippen LogP) is 9.14. The third-order valence-electron chi connectivity index (χ3n) is 15.9. The standard InChI is InChI=1S/C47H58O6/c1-5-23-47(51)27-22-41-39-16-12-31-29-33(14-18-35(31)37(39)20-25-45(41,47)4)53-43(49)10-8-7-9-42(48)52-32-13-17-34-30(28-32)11-15-38-36(34)19-24-44(3)40(38)21-26-46(44,50)6-2/h2,5,13-14,17-18,23,28-29,36-41,50-51H,7-12,15-16,19-22,24-27H2,1,3-4H3/t36?,37?,38?,39?,40?,41?,44-,45-,46-,47-/m0/s1. The number of allylic oxidation sites excluding steroid dienone is 1. The quantitative estimate of drug-likeness (QED) is 0.0930. The predicted molar refractivity (Wildman–Crippen MR) is 205 cm³/mol. The van der Waals surface area contributed by atoms with Gasteiger partial charge in [-0.15, -0.1) is 6.42 Å². The molecular weight excluding hydrogens is 661 g/mol. The normalized spacial score (nSPS) is 38.0. The van der Waals surface area contributed by atoms with Crippen LogP contribution in [0.25, 0.3) is 0 Å². The summed E-state index contributed by atoms with van der Waals surface area (Å²) >= 11 is 0. The molecule has 0 spiro atoms. The second kappa shape index (κ2) is 13.7. The Bertz CT molecular complexity index is 1840. The van der Waals surface area contributed by atoms with Gasteiger partial charge in [0.15, 0.2) is 0 Å². The van der Waals surface area contributed by atoms with E-state index >= 15 is 0 Å². The van der Waals surface area contributed by atoms with E-state index in [0.29, 0.717) is 66.3 Å². The fourth-order valence-electron chi connectivity index (χ4n) is 13.0. The van der Waals surface area contributed by atoms with Crippen molar-refractivity contribution in [2.24, 2.45) is 34.5 Å². The van der Waals surface area contributed by atoms with Gasteiger partial charge in [0, 0.05) is 23.7 Å². The minimum Gasteiger partial charge on any atom is -0.427 e. The number of aliphatic hydroxyl groups is 2. The van der Waals surface area contributed by atoms with E-state index in [-0.39, 0.29) is 35.6 Å². The Morgan fingerprint density at radius 3 is 1.79 bits per heavy atom. The van der Waals surface area contributed by atoms with Gasteiger partial charge in [-0.05, 0) is 179 Å². The molecule has 6 nitrogen and oxygen atoms in total. The van der Waals surface area contributed by atoms with Crippen LogP contribution in [0, 0.1) is 46.8 Å². The van der Waals surface area contributed by atoms with Crippen LogP contribution in [-0.4, -0.2) is 33.4 Å². The first kappa shape index (κ1) is 36.6. The largest absolute Gasteiger partial charge is 0.427 e. The average molecular weight is 719 g/mol. The lowest BCUT2D eigenvalue weighted by Crippen LogP contribution is -2.50. The van der Waals surface area contributed by atoms with Gasteiger partial charge in [-0.3, -0.25) is 9.59 Å². The summed E-state index contributed by atoms with van der Waals surface area (Å²) in [6.07, 6.45) is 23.3. The van der Waals surface area contributed by atoms with Crippen molar-refractivity contribution in [3.63, 3.8) is 0 Å². The van der Waals surface area contributed by atoms with Crippen molar-refractivity contribution in [3.8, 4) is 23.8 Å². The maximum atomic E-state index is 12.8. The lowest BCUT2D eigenvalue weighted by Gasteiger charge is -2.52. The van der Waals surface area contributed by atoms with E-state index < -0.39 is 11.2 Å². The molecule has 4 fully saturated rings. The maximum absolute atomic E-state index is 12.8. The van der Waals surface area contributed by atoms with Gasteiger partial charge in [-0.2, -0.15) is 0 Å². The van der Waals surface area contributed by atoms with Gasteiger partial charge in [0.05, 0.1) is 5.60 Å². The average Bonchev–Trinajstić information content (AvgIpc) is 3.58. The molecule has 0 radical (unpaired) electrons. The smallest absolute Gasteiger partial charge is 0.311 e. The fourth-order valence-corrected chi connectivity index (χ4v) is 13.0. The van der Waals surface area contributed by atoms with E-state index in [1.165, 1.54) is 22.3 Å². The summed E-state index contributed by atoms with van der Waals surface area (Å²) in [6.45, 7) is 6.53. The third-order valence-corrected chi connectivity index (χ3v) is 15.9. The molecule has 2 N–H and O–H groups in total. The highest BCUT2D eigenvalue weighted by atomic mass is 16.5. The molecule has 0 amide bonds. The molecule has 0 heterocycles. The molecule has 0 aliphatic heterocycles. The minimum absolute atomic E-state index is 0.0653. The van der Waals surface area contributed by atoms with Crippen molar-refractivity contribution >= 4 is 11.9 Å². The third kappa shape index (κ3) is 6.00. The zero-order valence-corrected chi connectivity index (χ0v) is 32.0. The zero-order valence-electron chi connectivity index (χ0n) is 32.0. The summed E-state index contributed by atoms with van der Waals surface area (Å²) in [5.74, 6) is 6.44. The van der Waals surface area contributed by atoms with Crippen LogP contribution >= 0.6 is 0 Å². The molecule has 10 atom stereocenters. The van der Waals surface area contributed by atoms with E-state index in [1.807, 2.05) is 37.3 Å². The van der Waals surface area contributed by atoms with Gasteiger partial charge in [-0.25, -0.2) is 0 Å². The van der Waals surface area contributed by atoms with Crippen molar-refractivity contribution in [3.05, 3.63) is 70.8 Å². The molecule has 0 aromatic heterocycles. The van der Waals surface area contributed by atoms with Gasteiger partial charge < -0.3 is 19.7 Å².